The van der Waals surface area contributed by atoms with Crippen LogP contribution in [0.25, 0.3) is 0 Å². The summed E-state index contributed by atoms with van der Waals surface area (Å²) < 4.78 is 5.14. The van der Waals surface area contributed by atoms with Gasteiger partial charge in [0.15, 0.2) is 0 Å². The predicted octanol–water partition coefficient (Wildman–Crippen LogP) is 2.01. The molecule has 0 fully saturated rings. The molecule has 3 heteroatoms. The molecule has 14 heavy (non-hydrogen) atoms. The molecular weight excluding hydrogens is 176 g/mol. The third-order valence-electron chi connectivity index (χ3n) is 2.12. The zero-order chi connectivity index (χ0) is 9.80. The lowest BCUT2D eigenvalue weighted by molar-refractivity contribution is 0.393. The van der Waals surface area contributed by atoms with Crippen molar-refractivity contribution >= 4 is 0 Å². The fourth-order valence-corrected chi connectivity index (χ4v) is 1.42. The van der Waals surface area contributed by atoms with Gasteiger partial charge in [-0.1, -0.05) is 30.3 Å². The van der Waals surface area contributed by atoms with Gasteiger partial charge in [0.2, 0.25) is 5.88 Å². The maximum absolute atomic E-state index is 5.14. The lowest BCUT2D eigenvalue weighted by Gasteiger charge is -2.01. The molecule has 2 aromatic rings. The summed E-state index contributed by atoms with van der Waals surface area (Å²) in [7, 11) is 1.64. The summed E-state index contributed by atoms with van der Waals surface area (Å²) in [5.74, 6) is 0.744. The average molecular weight is 188 g/mol. The van der Waals surface area contributed by atoms with Gasteiger partial charge in [0.1, 0.15) is 0 Å². The van der Waals surface area contributed by atoms with Crippen LogP contribution in [-0.2, 0) is 6.42 Å². The number of methoxy groups -OCH3 is 1. The van der Waals surface area contributed by atoms with E-state index in [0.29, 0.717) is 0 Å². The number of nitrogens with one attached hydrogen (secondary N) is 1. The largest absolute Gasteiger partial charge is 0.481 e. The Balaban J connectivity index is 2.19. The highest BCUT2D eigenvalue weighted by atomic mass is 16.5. The number of hydrogen-bond acceptors (Lipinski definition) is 2. The molecule has 1 aromatic carbocycles. The number of H-pyrrole nitrogens is 1. The Morgan fingerprint density at radius 2 is 2.07 bits per heavy atom. The van der Waals surface area contributed by atoms with Gasteiger partial charge in [-0.25, -0.2) is 5.10 Å². The van der Waals surface area contributed by atoms with E-state index in [-0.39, 0.29) is 0 Å². The van der Waals surface area contributed by atoms with Crippen LogP contribution in [0.1, 0.15) is 11.1 Å². The molecule has 0 aliphatic rings. The standard InChI is InChI=1S/C11H12N2O/c1-14-11-10(8-12-13-11)7-9-5-3-2-4-6-9/h2-6,8H,7H2,1H3,(H,12,13). The van der Waals surface area contributed by atoms with Crippen molar-refractivity contribution in [2.75, 3.05) is 7.11 Å². The van der Waals surface area contributed by atoms with E-state index < -0.39 is 0 Å². The normalized spacial score (nSPS) is 10.1. The van der Waals surface area contributed by atoms with Crippen LogP contribution in [0, 0.1) is 0 Å². The number of rotatable bonds is 3. The number of nitrogens with zero attached hydrogens (tertiary/aromatic N) is 1. The van der Waals surface area contributed by atoms with Crippen LogP contribution in [0.2, 0.25) is 0 Å². The quantitative estimate of drug-likeness (QED) is 0.800. The van der Waals surface area contributed by atoms with Crippen LogP contribution < -0.4 is 4.74 Å². The molecule has 0 atom stereocenters. The molecule has 0 radical (unpaired) electrons. The third-order valence-corrected chi connectivity index (χ3v) is 2.12. The Kier molecular flexibility index (Phi) is 2.49. The Labute approximate surface area is 82.7 Å². The predicted molar refractivity (Wildman–Crippen MR) is 54.4 cm³/mol. The molecule has 1 heterocycles. The first-order valence-corrected chi connectivity index (χ1v) is 4.50. The Morgan fingerprint density at radius 3 is 2.79 bits per heavy atom. The van der Waals surface area contributed by atoms with Gasteiger partial charge in [0.25, 0.3) is 0 Å². The van der Waals surface area contributed by atoms with Crippen molar-refractivity contribution in [2.24, 2.45) is 0 Å². The van der Waals surface area contributed by atoms with Crippen molar-refractivity contribution in [3.8, 4) is 5.88 Å². The first-order chi connectivity index (χ1) is 6.90. The van der Waals surface area contributed by atoms with Crippen molar-refractivity contribution in [1.82, 2.24) is 10.2 Å². The summed E-state index contributed by atoms with van der Waals surface area (Å²) in [6, 6.07) is 10.2. The van der Waals surface area contributed by atoms with Crippen LogP contribution >= 0.6 is 0 Å². The van der Waals surface area contributed by atoms with Gasteiger partial charge < -0.3 is 4.74 Å². The number of ether oxygens (including phenoxy) is 1. The second-order valence-corrected chi connectivity index (χ2v) is 3.09. The zero-order valence-electron chi connectivity index (χ0n) is 8.03. The molecule has 0 bridgehead atoms. The van der Waals surface area contributed by atoms with Gasteiger partial charge in [0, 0.05) is 12.0 Å². The van der Waals surface area contributed by atoms with Crippen LogP contribution in [0.5, 0.6) is 5.88 Å². The molecule has 72 valence electrons. The van der Waals surface area contributed by atoms with Crippen LogP contribution in [-0.4, -0.2) is 17.3 Å². The second-order valence-electron chi connectivity index (χ2n) is 3.09. The van der Waals surface area contributed by atoms with Gasteiger partial charge in [-0.15, -0.1) is 0 Å². The molecule has 2 rings (SSSR count). The van der Waals surface area contributed by atoms with Crippen LogP contribution in [0.15, 0.2) is 36.5 Å². The van der Waals surface area contributed by atoms with E-state index in [1.165, 1.54) is 5.56 Å². The summed E-state index contributed by atoms with van der Waals surface area (Å²) in [6.07, 6.45) is 2.65. The zero-order valence-corrected chi connectivity index (χ0v) is 8.03. The van der Waals surface area contributed by atoms with Crippen LogP contribution in [0.4, 0.5) is 0 Å². The van der Waals surface area contributed by atoms with E-state index in [1.807, 2.05) is 18.2 Å². The molecule has 0 saturated carbocycles. The fraction of sp³-hybridized carbons (Fsp3) is 0.182. The van der Waals surface area contributed by atoms with Gasteiger partial charge >= 0.3 is 0 Å². The smallest absolute Gasteiger partial charge is 0.212 e. The number of aromatic nitrogens is 2. The topological polar surface area (TPSA) is 37.9 Å². The average Bonchev–Trinajstić information content (AvgIpc) is 2.67. The summed E-state index contributed by atoms with van der Waals surface area (Å²) in [4.78, 5) is 0. The maximum atomic E-state index is 5.14. The molecule has 3 nitrogen and oxygen atoms in total. The highest BCUT2D eigenvalue weighted by molar-refractivity contribution is 5.30. The van der Waals surface area contributed by atoms with Crippen molar-refractivity contribution in [2.45, 2.75) is 6.42 Å². The van der Waals surface area contributed by atoms with E-state index in [1.54, 1.807) is 13.3 Å². The van der Waals surface area contributed by atoms with Crippen molar-refractivity contribution in [3.05, 3.63) is 47.7 Å². The summed E-state index contributed by atoms with van der Waals surface area (Å²) in [5.41, 5.74) is 2.34. The van der Waals surface area contributed by atoms with E-state index in [9.17, 15) is 0 Å². The van der Waals surface area contributed by atoms with Crippen molar-refractivity contribution < 1.29 is 4.74 Å². The number of aromatic amines is 1. The number of hydrogen-bond donors (Lipinski definition) is 1. The Morgan fingerprint density at radius 1 is 1.29 bits per heavy atom. The first kappa shape index (κ1) is 8.81. The minimum Gasteiger partial charge on any atom is -0.481 e. The monoisotopic (exact) mass is 188 g/mol. The molecular formula is C11H12N2O. The highest BCUT2D eigenvalue weighted by Gasteiger charge is 2.04. The van der Waals surface area contributed by atoms with Gasteiger partial charge in [-0.3, -0.25) is 0 Å². The van der Waals surface area contributed by atoms with E-state index in [0.717, 1.165) is 17.9 Å². The van der Waals surface area contributed by atoms with E-state index in [4.69, 9.17) is 4.74 Å². The lowest BCUT2D eigenvalue weighted by atomic mass is 10.1. The fourth-order valence-electron chi connectivity index (χ4n) is 1.42. The molecule has 0 amide bonds. The third kappa shape index (κ3) is 1.76. The molecule has 0 aliphatic carbocycles. The van der Waals surface area contributed by atoms with Crippen molar-refractivity contribution in [1.29, 1.82) is 0 Å². The molecule has 0 saturated heterocycles. The molecule has 0 spiro atoms. The Bertz CT molecular complexity index is 395. The van der Waals surface area contributed by atoms with Gasteiger partial charge in [-0.2, -0.15) is 5.10 Å². The summed E-state index contributed by atoms with van der Waals surface area (Å²) >= 11 is 0. The molecule has 1 aromatic heterocycles. The first-order valence-electron chi connectivity index (χ1n) is 4.50. The summed E-state index contributed by atoms with van der Waals surface area (Å²) in [5, 5.41) is 6.74. The van der Waals surface area contributed by atoms with E-state index in [2.05, 4.69) is 22.3 Å². The van der Waals surface area contributed by atoms with E-state index >= 15 is 0 Å². The molecule has 1 N–H and O–H groups in total. The molecule has 0 aliphatic heterocycles. The molecule has 0 unspecified atom stereocenters. The minimum atomic E-state index is 0.744. The van der Waals surface area contributed by atoms with Crippen molar-refractivity contribution in [3.63, 3.8) is 0 Å². The maximum Gasteiger partial charge on any atom is 0.212 e. The SMILES string of the molecule is COc1[nH]ncc1Cc1ccccc1. The Hall–Kier alpha value is -1.77. The van der Waals surface area contributed by atoms with Crippen LogP contribution in [0.3, 0.4) is 0 Å². The highest BCUT2D eigenvalue weighted by Crippen LogP contribution is 2.17. The number of benzene rings is 1. The second kappa shape index (κ2) is 3.96. The van der Waals surface area contributed by atoms with Gasteiger partial charge in [-0.05, 0) is 5.56 Å². The lowest BCUT2D eigenvalue weighted by Crippen LogP contribution is -1.90. The van der Waals surface area contributed by atoms with Gasteiger partial charge in [0.05, 0.1) is 13.3 Å². The minimum absolute atomic E-state index is 0.744. The summed E-state index contributed by atoms with van der Waals surface area (Å²) in [6.45, 7) is 0.